The highest BCUT2D eigenvalue weighted by Crippen LogP contribution is 2.53. The third-order valence-electron chi connectivity index (χ3n) is 5.97. The average Bonchev–Trinajstić information content (AvgIpc) is 3.40. The van der Waals surface area contributed by atoms with Gasteiger partial charge in [0.05, 0.1) is 17.0 Å². The lowest BCUT2D eigenvalue weighted by atomic mass is 9.60. The molecule has 10 heteroatoms. The molecule has 0 aliphatic heterocycles. The molecule has 2 fully saturated rings. The van der Waals surface area contributed by atoms with Crippen LogP contribution in [0.2, 0.25) is 0 Å². The molecule has 30 heavy (non-hydrogen) atoms. The van der Waals surface area contributed by atoms with E-state index >= 15 is 0 Å². The lowest BCUT2D eigenvalue weighted by Crippen LogP contribution is -2.48. The average molecular weight is 448 g/mol. The predicted molar refractivity (Wildman–Crippen MR) is 106 cm³/mol. The Morgan fingerprint density at radius 2 is 1.93 bits per heavy atom. The zero-order valence-electron chi connectivity index (χ0n) is 17.3. The van der Waals surface area contributed by atoms with Crippen LogP contribution < -0.4 is 5.32 Å². The van der Waals surface area contributed by atoms with Crippen LogP contribution in [0.5, 0.6) is 0 Å². The van der Waals surface area contributed by atoms with Crippen molar-refractivity contribution in [3.05, 3.63) is 23.3 Å². The Bertz CT molecular complexity index is 892. The zero-order valence-corrected chi connectivity index (χ0v) is 18.1. The van der Waals surface area contributed by atoms with Gasteiger partial charge in [0.2, 0.25) is 5.82 Å². The summed E-state index contributed by atoms with van der Waals surface area (Å²) in [6.45, 7) is 3.58. The van der Waals surface area contributed by atoms with E-state index in [1.807, 2.05) is 6.92 Å². The van der Waals surface area contributed by atoms with Gasteiger partial charge in [-0.25, -0.2) is 18.4 Å². The van der Waals surface area contributed by atoms with Crippen molar-refractivity contribution in [2.24, 2.45) is 17.3 Å². The third-order valence-corrected chi connectivity index (χ3v) is 7.98. The van der Waals surface area contributed by atoms with E-state index in [-0.39, 0.29) is 34.1 Å². The summed E-state index contributed by atoms with van der Waals surface area (Å²) in [5.41, 5.74) is -0.140. The van der Waals surface area contributed by atoms with Gasteiger partial charge in [0.25, 0.3) is 5.91 Å². The second-order valence-corrected chi connectivity index (χ2v) is 11.1. The van der Waals surface area contributed by atoms with Crippen LogP contribution in [0.4, 0.5) is 13.2 Å². The number of hydrogen-bond donors (Lipinski definition) is 1. The summed E-state index contributed by atoms with van der Waals surface area (Å²) in [6.07, 6.45) is 1.60. The molecule has 0 bridgehead atoms. The molecule has 2 aliphatic carbocycles. The summed E-state index contributed by atoms with van der Waals surface area (Å²) in [5.74, 6) is -0.661. The Balaban J connectivity index is 1.61. The van der Waals surface area contributed by atoms with E-state index in [2.05, 4.69) is 15.3 Å². The minimum absolute atomic E-state index is 0.0194. The highest BCUT2D eigenvalue weighted by molar-refractivity contribution is 7.91. The van der Waals surface area contributed by atoms with Gasteiger partial charge in [0.1, 0.15) is 0 Å². The molecule has 0 radical (unpaired) electrons. The summed E-state index contributed by atoms with van der Waals surface area (Å²) in [5, 5.41) is 2.83. The minimum Gasteiger partial charge on any atom is -0.351 e. The van der Waals surface area contributed by atoms with Crippen molar-refractivity contribution in [3.63, 3.8) is 0 Å². The summed E-state index contributed by atoms with van der Waals surface area (Å²) in [4.78, 5) is 19.2. The number of alkyl halides is 3. The van der Waals surface area contributed by atoms with Crippen LogP contribution in [0.1, 0.15) is 67.3 Å². The lowest BCUT2D eigenvalue weighted by molar-refractivity contribution is -0.145. The van der Waals surface area contributed by atoms with Gasteiger partial charge in [-0.3, -0.25) is 4.79 Å². The fraction of sp³-hybridized carbons (Fsp3) is 0.750. The third kappa shape index (κ3) is 5.70. The minimum atomic E-state index is -4.66. The molecule has 0 atom stereocenters. The first-order chi connectivity index (χ1) is 13.9. The molecule has 1 aromatic heterocycles. The van der Waals surface area contributed by atoms with Crippen molar-refractivity contribution >= 4 is 15.7 Å². The van der Waals surface area contributed by atoms with E-state index in [0.29, 0.717) is 18.9 Å². The van der Waals surface area contributed by atoms with Gasteiger partial charge in [0, 0.05) is 18.5 Å². The largest absolute Gasteiger partial charge is 0.451 e. The molecular weight excluding hydrogens is 419 g/mol. The standard InChI is InChI=1S/C20H28F3N3O3S/c1-3-6-30(28,29)11-15-8-19(9-15,7-14-4-5-14)12-25-17(27)16-10-24-18(20(21,22)23)26-13(16)2/h10,14-15H,3-9,11-12H2,1-2H3,(H,25,27)/t15-,19+. The maximum absolute atomic E-state index is 12.7. The number of carbonyl (C=O) groups is 1. The molecule has 1 N–H and O–H groups in total. The van der Waals surface area contributed by atoms with Gasteiger partial charge in [-0.1, -0.05) is 19.8 Å². The number of carbonyl (C=O) groups excluding carboxylic acids is 1. The van der Waals surface area contributed by atoms with Crippen LogP contribution >= 0.6 is 0 Å². The van der Waals surface area contributed by atoms with Crippen molar-refractivity contribution in [2.45, 2.75) is 58.5 Å². The first-order valence-corrected chi connectivity index (χ1v) is 12.1. The number of rotatable bonds is 9. The Hall–Kier alpha value is -1.71. The quantitative estimate of drug-likeness (QED) is 0.625. The van der Waals surface area contributed by atoms with Crippen LogP contribution in [-0.2, 0) is 16.0 Å². The highest BCUT2D eigenvalue weighted by Gasteiger charge is 2.48. The first-order valence-electron chi connectivity index (χ1n) is 10.3. The number of aromatic nitrogens is 2. The molecule has 2 saturated carbocycles. The number of sulfone groups is 1. The van der Waals surface area contributed by atoms with Gasteiger partial charge in [-0.05, 0) is 49.9 Å². The molecule has 3 rings (SSSR count). The second-order valence-electron chi connectivity index (χ2n) is 8.91. The number of hydrogen-bond acceptors (Lipinski definition) is 5. The summed E-state index contributed by atoms with van der Waals surface area (Å²) in [6, 6.07) is 0. The Kier molecular flexibility index (Phi) is 6.46. The Morgan fingerprint density at radius 3 is 2.47 bits per heavy atom. The van der Waals surface area contributed by atoms with Gasteiger partial charge < -0.3 is 5.32 Å². The molecule has 168 valence electrons. The molecule has 0 unspecified atom stereocenters. The summed E-state index contributed by atoms with van der Waals surface area (Å²) >= 11 is 0. The first kappa shape index (κ1) is 23.0. The molecule has 1 amide bonds. The number of amides is 1. The SMILES string of the molecule is CCCS(=O)(=O)C[C@H]1C[C@](CNC(=O)c2cnc(C(F)(F)F)nc2C)(CC2CC2)C1. The predicted octanol–water partition coefficient (Wildman–Crippen LogP) is 3.55. The molecule has 1 heterocycles. The van der Waals surface area contributed by atoms with Gasteiger partial charge >= 0.3 is 6.18 Å². The number of nitrogens with one attached hydrogen (secondary N) is 1. The van der Waals surface area contributed by atoms with Gasteiger partial charge in [-0.15, -0.1) is 0 Å². The molecule has 6 nitrogen and oxygen atoms in total. The smallest absolute Gasteiger partial charge is 0.351 e. The van der Waals surface area contributed by atoms with E-state index in [1.165, 1.54) is 6.92 Å². The van der Waals surface area contributed by atoms with Crippen molar-refractivity contribution in [1.29, 1.82) is 0 Å². The number of nitrogens with zero attached hydrogens (tertiary/aromatic N) is 2. The van der Waals surface area contributed by atoms with Crippen LogP contribution in [0, 0.1) is 24.2 Å². The summed E-state index contributed by atoms with van der Waals surface area (Å²) in [7, 11) is -3.05. The zero-order chi connectivity index (χ0) is 22.2. The van der Waals surface area contributed by atoms with Crippen LogP contribution in [-0.4, -0.2) is 42.3 Å². The molecule has 0 spiro atoms. The molecule has 0 saturated heterocycles. The number of aryl methyl sites for hydroxylation is 1. The Morgan fingerprint density at radius 1 is 1.27 bits per heavy atom. The topological polar surface area (TPSA) is 89.0 Å². The van der Waals surface area contributed by atoms with Crippen LogP contribution in [0.15, 0.2) is 6.20 Å². The van der Waals surface area contributed by atoms with E-state index in [4.69, 9.17) is 0 Å². The lowest BCUT2D eigenvalue weighted by Gasteiger charge is -2.48. The molecule has 0 aromatic carbocycles. The van der Waals surface area contributed by atoms with Gasteiger partial charge in [0.15, 0.2) is 9.84 Å². The second kappa shape index (κ2) is 8.43. The fourth-order valence-electron chi connectivity index (χ4n) is 4.54. The molecule has 2 aliphatic rings. The van der Waals surface area contributed by atoms with E-state index in [1.54, 1.807) is 0 Å². The monoisotopic (exact) mass is 447 g/mol. The van der Waals surface area contributed by atoms with Crippen LogP contribution in [0.3, 0.4) is 0 Å². The van der Waals surface area contributed by atoms with Gasteiger partial charge in [-0.2, -0.15) is 13.2 Å². The highest BCUT2D eigenvalue weighted by atomic mass is 32.2. The van der Waals surface area contributed by atoms with Crippen molar-refractivity contribution in [2.75, 3.05) is 18.1 Å². The van der Waals surface area contributed by atoms with E-state index < -0.39 is 27.7 Å². The van der Waals surface area contributed by atoms with Crippen molar-refractivity contribution in [3.8, 4) is 0 Å². The normalized spacial score (nSPS) is 24.4. The fourth-order valence-corrected chi connectivity index (χ4v) is 6.29. The van der Waals surface area contributed by atoms with Crippen LogP contribution in [0.25, 0.3) is 0 Å². The van der Waals surface area contributed by atoms with Crippen molar-refractivity contribution in [1.82, 2.24) is 15.3 Å². The van der Waals surface area contributed by atoms with E-state index in [0.717, 1.165) is 38.3 Å². The molecule has 1 aromatic rings. The number of halogens is 3. The maximum Gasteiger partial charge on any atom is 0.451 e. The Labute approximate surface area is 175 Å². The van der Waals surface area contributed by atoms with Crippen molar-refractivity contribution < 1.29 is 26.4 Å². The summed E-state index contributed by atoms with van der Waals surface area (Å²) < 4.78 is 62.4. The maximum atomic E-state index is 12.7. The van der Waals surface area contributed by atoms with E-state index in [9.17, 15) is 26.4 Å². The molecular formula is C20H28F3N3O3S.